The average Bonchev–Trinajstić information content (AvgIpc) is 2.58. The van der Waals surface area contributed by atoms with Gasteiger partial charge < -0.3 is 4.98 Å². The molecular formula is C9H12N4. The van der Waals surface area contributed by atoms with Gasteiger partial charge in [0.05, 0.1) is 5.69 Å². The maximum absolute atomic E-state index is 3.92. The van der Waals surface area contributed by atoms with Crippen LogP contribution in [-0.4, -0.2) is 19.9 Å². The fourth-order valence-corrected chi connectivity index (χ4v) is 0.718. The van der Waals surface area contributed by atoms with Crippen LogP contribution in [0.4, 0.5) is 0 Å². The zero-order valence-electron chi connectivity index (χ0n) is 7.73. The van der Waals surface area contributed by atoms with Crippen LogP contribution < -0.4 is 0 Å². The van der Waals surface area contributed by atoms with Gasteiger partial charge in [0, 0.05) is 31.0 Å². The van der Waals surface area contributed by atoms with E-state index in [1.165, 1.54) is 0 Å². The molecule has 0 spiro atoms. The number of rotatable bonds is 0. The van der Waals surface area contributed by atoms with Gasteiger partial charge in [-0.25, -0.2) is 4.98 Å². The lowest BCUT2D eigenvalue weighted by Crippen LogP contribution is -1.77. The van der Waals surface area contributed by atoms with E-state index in [1.807, 2.05) is 13.8 Å². The molecule has 2 rings (SSSR count). The molecule has 2 aromatic heterocycles. The van der Waals surface area contributed by atoms with Crippen LogP contribution in [0.1, 0.15) is 11.5 Å². The van der Waals surface area contributed by atoms with E-state index in [1.54, 1.807) is 31.0 Å². The number of aryl methyl sites for hydroxylation is 2. The maximum Gasteiger partial charge on any atom is 0.102 e. The Balaban J connectivity index is 0.000000132. The summed E-state index contributed by atoms with van der Waals surface area (Å²) in [7, 11) is 0. The summed E-state index contributed by atoms with van der Waals surface area (Å²) >= 11 is 0. The molecule has 4 heteroatoms. The lowest BCUT2D eigenvalue weighted by molar-refractivity contribution is 1.12. The third-order valence-electron chi connectivity index (χ3n) is 1.33. The number of imidazole rings is 1. The van der Waals surface area contributed by atoms with Crippen LogP contribution in [0.25, 0.3) is 0 Å². The molecule has 2 heterocycles. The van der Waals surface area contributed by atoms with E-state index in [0.29, 0.717) is 0 Å². The highest BCUT2D eigenvalue weighted by Crippen LogP contribution is 1.81. The summed E-state index contributed by atoms with van der Waals surface area (Å²) in [6.45, 7) is 3.83. The van der Waals surface area contributed by atoms with Gasteiger partial charge in [0.25, 0.3) is 0 Å². The molecule has 0 atom stereocenters. The van der Waals surface area contributed by atoms with Gasteiger partial charge in [-0.1, -0.05) is 0 Å². The second-order valence-corrected chi connectivity index (χ2v) is 2.52. The monoisotopic (exact) mass is 176 g/mol. The molecule has 0 unspecified atom stereocenters. The zero-order chi connectivity index (χ0) is 9.52. The average molecular weight is 176 g/mol. The van der Waals surface area contributed by atoms with Crippen molar-refractivity contribution in [2.45, 2.75) is 13.8 Å². The zero-order valence-corrected chi connectivity index (χ0v) is 7.73. The highest BCUT2D eigenvalue weighted by molar-refractivity contribution is 4.88. The van der Waals surface area contributed by atoms with E-state index in [0.717, 1.165) is 11.5 Å². The number of nitrogens with zero attached hydrogens (tertiary/aromatic N) is 3. The second-order valence-electron chi connectivity index (χ2n) is 2.52. The molecule has 0 radical (unpaired) electrons. The van der Waals surface area contributed by atoms with Gasteiger partial charge in [-0.15, -0.1) is 0 Å². The smallest absolute Gasteiger partial charge is 0.102 e. The first-order valence-electron chi connectivity index (χ1n) is 3.97. The van der Waals surface area contributed by atoms with Crippen LogP contribution >= 0.6 is 0 Å². The number of hydrogen-bond acceptors (Lipinski definition) is 3. The molecule has 0 bridgehead atoms. The molecule has 0 aliphatic heterocycles. The summed E-state index contributed by atoms with van der Waals surface area (Å²) in [6, 6.07) is 0. The number of aromatic amines is 1. The van der Waals surface area contributed by atoms with Crippen molar-refractivity contribution < 1.29 is 0 Å². The topological polar surface area (TPSA) is 54.5 Å². The highest BCUT2D eigenvalue weighted by atomic mass is 14.9. The Morgan fingerprint density at radius 3 is 2.15 bits per heavy atom. The molecular weight excluding hydrogens is 164 g/mol. The standard InChI is InChI=1S/C5H6N2.C4H6N2/c1-5-4-6-2-3-7-5;1-4-5-2-3-6-4/h2-4H,1H3;2-3H,1H3,(H,5,6). The molecule has 0 aliphatic rings. The van der Waals surface area contributed by atoms with Gasteiger partial charge >= 0.3 is 0 Å². The number of nitrogens with one attached hydrogen (secondary N) is 1. The van der Waals surface area contributed by atoms with E-state index in [-0.39, 0.29) is 0 Å². The first-order valence-corrected chi connectivity index (χ1v) is 3.97. The van der Waals surface area contributed by atoms with Crippen molar-refractivity contribution in [3.05, 3.63) is 42.5 Å². The van der Waals surface area contributed by atoms with Crippen molar-refractivity contribution in [2.75, 3.05) is 0 Å². The Kier molecular flexibility index (Phi) is 3.63. The van der Waals surface area contributed by atoms with Crippen molar-refractivity contribution in [1.82, 2.24) is 19.9 Å². The first-order chi connectivity index (χ1) is 6.29. The Labute approximate surface area is 77.1 Å². The minimum atomic E-state index is 0.961. The molecule has 0 amide bonds. The van der Waals surface area contributed by atoms with Gasteiger partial charge in [-0.05, 0) is 13.8 Å². The van der Waals surface area contributed by atoms with Crippen LogP contribution in [0.3, 0.4) is 0 Å². The molecule has 68 valence electrons. The third-order valence-corrected chi connectivity index (χ3v) is 1.33. The molecule has 0 saturated carbocycles. The largest absolute Gasteiger partial charge is 0.349 e. The van der Waals surface area contributed by atoms with Gasteiger partial charge in [0.15, 0.2) is 0 Å². The molecule has 13 heavy (non-hydrogen) atoms. The van der Waals surface area contributed by atoms with Crippen molar-refractivity contribution >= 4 is 0 Å². The van der Waals surface area contributed by atoms with Gasteiger partial charge in [-0.3, -0.25) is 9.97 Å². The summed E-state index contributed by atoms with van der Waals surface area (Å²) in [5.41, 5.74) is 0.961. The molecule has 1 N–H and O–H groups in total. The van der Waals surface area contributed by atoms with E-state index in [9.17, 15) is 0 Å². The predicted molar refractivity (Wildman–Crippen MR) is 50.1 cm³/mol. The normalized spacial score (nSPS) is 8.77. The third kappa shape index (κ3) is 4.00. The molecule has 0 fully saturated rings. The van der Waals surface area contributed by atoms with Crippen molar-refractivity contribution in [1.29, 1.82) is 0 Å². The fraction of sp³-hybridized carbons (Fsp3) is 0.222. The van der Waals surface area contributed by atoms with Crippen molar-refractivity contribution in [3.8, 4) is 0 Å². The van der Waals surface area contributed by atoms with E-state index in [4.69, 9.17) is 0 Å². The summed E-state index contributed by atoms with van der Waals surface area (Å²) in [6.07, 6.45) is 8.59. The van der Waals surface area contributed by atoms with Gasteiger partial charge in [0.2, 0.25) is 0 Å². The van der Waals surface area contributed by atoms with Crippen LogP contribution in [0.5, 0.6) is 0 Å². The predicted octanol–water partition coefficient (Wildman–Crippen LogP) is 1.50. The van der Waals surface area contributed by atoms with Gasteiger partial charge in [0.1, 0.15) is 5.82 Å². The summed E-state index contributed by atoms with van der Waals surface area (Å²) < 4.78 is 0. The highest BCUT2D eigenvalue weighted by Gasteiger charge is 1.74. The second kappa shape index (κ2) is 5.03. The minimum Gasteiger partial charge on any atom is -0.349 e. The number of aromatic nitrogens is 4. The Hall–Kier alpha value is -1.71. The lowest BCUT2D eigenvalue weighted by Gasteiger charge is -1.81. The van der Waals surface area contributed by atoms with Crippen LogP contribution in [0.15, 0.2) is 31.0 Å². The van der Waals surface area contributed by atoms with Crippen molar-refractivity contribution in [3.63, 3.8) is 0 Å². The minimum absolute atomic E-state index is 0.961. The fourth-order valence-electron chi connectivity index (χ4n) is 0.718. The van der Waals surface area contributed by atoms with Crippen molar-refractivity contribution in [2.24, 2.45) is 0 Å². The van der Waals surface area contributed by atoms with Crippen LogP contribution in [-0.2, 0) is 0 Å². The lowest BCUT2D eigenvalue weighted by atomic mass is 10.5. The van der Waals surface area contributed by atoms with Crippen LogP contribution in [0.2, 0.25) is 0 Å². The summed E-state index contributed by atoms with van der Waals surface area (Å²) in [5, 5.41) is 0. The maximum atomic E-state index is 3.92. The molecule has 0 aromatic carbocycles. The Morgan fingerprint density at radius 2 is 1.92 bits per heavy atom. The van der Waals surface area contributed by atoms with E-state index in [2.05, 4.69) is 19.9 Å². The molecule has 0 aliphatic carbocycles. The van der Waals surface area contributed by atoms with Crippen LogP contribution in [0, 0.1) is 13.8 Å². The Bertz CT molecular complexity index is 315. The quantitative estimate of drug-likeness (QED) is 0.661. The molecule has 4 nitrogen and oxygen atoms in total. The number of H-pyrrole nitrogens is 1. The molecule has 2 aromatic rings. The molecule has 0 saturated heterocycles. The SMILES string of the molecule is Cc1cnccn1.Cc1ncc[nH]1. The number of hydrogen-bond donors (Lipinski definition) is 1. The summed E-state index contributed by atoms with van der Waals surface area (Å²) in [4.78, 5) is 14.5. The van der Waals surface area contributed by atoms with Gasteiger partial charge in [-0.2, -0.15) is 0 Å². The van der Waals surface area contributed by atoms with E-state index < -0.39 is 0 Å². The van der Waals surface area contributed by atoms with E-state index >= 15 is 0 Å². The Morgan fingerprint density at radius 1 is 1.08 bits per heavy atom. The first kappa shape index (κ1) is 9.38. The summed E-state index contributed by atoms with van der Waals surface area (Å²) in [5.74, 6) is 0.968.